The number of Topliss-reactive ketones (excluding diaryl/α,β-unsaturated/α-hetero) is 1. The lowest BCUT2D eigenvalue weighted by molar-refractivity contribution is 0.0971. The van der Waals surface area contributed by atoms with Gasteiger partial charge in [-0.2, -0.15) is 0 Å². The Hall–Kier alpha value is -1.35. The second kappa shape index (κ2) is 4.73. The highest BCUT2D eigenvalue weighted by Gasteiger charge is 2.24. The molecule has 18 heavy (non-hydrogen) atoms. The SMILES string of the molecule is O=C1CCCc2c1c(Br)cn2Cc1ccccc1. The molecule has 2 nitrogen and oxygen atoms in total. The van der Waals surface area contributed by atoms with Crippen LogP contribution in [0.15, 0.2) is 41.0 Å². The van der Waals surface area contributed by atoms with Gasteiger partial charge in [0.15, 0.2) is 5.78 Å². The summed E-state index contributed by atoms with van der Waals surface area (Å²) in [7, 11) is 0. The van der Waals surface area contributed by atoms with E-state index in [1.807, 2.05) is 24.4 Å². The zero-order valence-corrected chi connectivity index (χ0v) is 11.6. The van der Waals surface area contributed by atoms with Crippen molar-refractivity contribution in [1.82, 2.24) is 4.57 Å². The Bertz CT molecular complexity index is 586. The van der Waals surface area contributed by atoms with E-state index in [1.54, 1.807) is 0 Å². The van der Waals surface area contributed by atoms with Gasteiger partial charge in [0.05, 0.1) is 5.56 Å². The third kappa shape index (κ3) is 2.03. The molecule has 1 heterocycles. The number of ketones is 1. The third-order valence-electron chi connectivity index (χ3n) is 3.44. The average molecular weight is 304 g/mol. The molecule has 1 aromatic heterocycles. The largest absolute Gasteiger partial charge is 0.345 e. The molecule has 0 amide bonds. The molecular formula is C15H14BrNO. The zero-order chi connectivity index (χ0) is 12.5. The maximum Gasteiger partial charge on any atom is 0.165 e. The Kier molecular flexibility index (Phi) is 3.08. The van der Waals surface area contributed by atoms with Crippen molar-refractivity contribution in [2.24, 2.45) is 0 Å². The lowest BCUT2D eigenvalue weighted by atomic mass is 9.96. The van der Waals surface area contributed by atoms with Gasteiger partial charge < -0.3 is 4.57 Å². The second-order valence-electron chi connectivity index (χ2n) is 4.69. The third-order valence-corrected chi connectivity index (χ3v) is 4.04. The van der Waals surface area contributed by atoms with Gasteiger partial charge in [-0.25, -0.2) is 0 Å². The number of fused-ring (bicyclic) bond motifs is 1. The van der Waals surface area contributed by atoms with E-state index in [4.69, 9.17) is 0 Å². The smallest absolute Gasteiger partial charge is 0.165 e. The van der Waals surface area contributed by atoms with Crippen molar-refractivity contribution >= 4 is 21.7 Å². The van der Waals surface area contributed by atoms with Crippen LogP contribution >= 0.6 is 15.9 Å². The van der Waals surface area contributed by atoms with Crippen LogP contribution < -0.4 is 0 Å². The molecule has 0 radical (unpaired) electrons. The standard InChI is InChI=1S/C15H14BrNO/c16-12-10-17(9-11-5-2-1-3-6-11)13-7-4-8-14(18)15(12)13/h1-3,5-6,10H,4,7-9H2. The molecule has 92 valence electrons. The first-order valence-corrected chi connectivity index (χ1v) is 6.99. The number of carbonyl (C=O) groups is 1. The Labute approximate surface area is 115 Å². The van der Waals surface area contributed by atoms with Crippen LogP contribution in [-0.4, -0.2) is 10.4 Å². The van der Waals surface area contributed by atoms with E-state index in [1.165, 1.54) is 11.3 Å². The van der Waals surface area contributed by atoms with Crippen LogP contribution in [0.2, 0.25) is 0 Å². The minimum Gasteiger partial charge on any atom is -0.345 e. The summed E-state index contributed by atoms with van der Waals surface area (Å²) < 4.78 is 3.14. The number of benzene rings is 1. The van der Waals surface area contributed by atoms with Gasteiger partial charge in [-0.15, -0.1) is 0 Å². The van der Waals surface area contributed by atoms with E-state index in [9.17, 15) is 4.79 Å². The molecule has 0 bridgehead atoms. The van der Waals surface area contributed by atoms with Crippen LogP contribution in [0.4, 0.5) is 0 Å². The van der Waals surface area contributed by atoms with Crippen molar-refractivity contribution in [1.29, 1.82) is 0 Å². The topological polar surface area (TPSA) is 22.0 Å². The molecule has 0 aliphatic heterocycles. The Balaban J connectivity index is 1.99. The van der Waals surface area contributed by atoms with Gasteiger partial charge in [0.2, 0.25) is 0 Å². The van der Waals surface area contributed by atoms with Gasteiger partial charge >= 0.3 is 0 Å². The first-order valence-electron chi connectivity index (χ1n) is 6.20. The summed E-state index contributed by atoms with van der Waals surface area (Å²) in [5.74, 6) is 0.273. The molecule has 0 saturated carbocycles. The van der Waals surface area contributed by atoms with E-state index in [-0.39, 0.29) is 5.78 Å². The molecule has 0 unspecified atom stereocenters. The van der Waals surface area contributed by atoms with Crippen LogP contribution in [0.3, 0.4) is 0 Å². The zero-order valence-electron chi connectivity index (χ0n) is 10.0. The van der Waals surface area contributed by atoms with Crippen LogP contribution in [0.5, 0.6) is 0 Å². The fraction of sp³-hybridized carbons (Fsp3) is 0.267. The van der Waals surface area contributed by atoms with Crippen LogP contribution in [0, 0.1) is 0 Å². The van der Waals surface area contributed by atoms with Crippen molar-refractivity contribution < 1.29 is 4.79 Å². The fourth-order valence-corrected chi connectivity index (χ4v) is 3.28. The van der Waals surface area contributed by atoms with Gasteiger partial charge in [0, 0.05) is 29.3 Å². The van der Waals surface area contributed by atoms with Gasteiger partial charge in [0.25, 0.3) is 0 Å². The number of hydrogen-bond acceptors (Lipinski definition) is 1. The van der Waals surface area contributed by atoms with E-state index in [2.05, 4.69) is 32.6 Å². The predicted octanol–water partition coefficient (Wildman–Crippen LogP) is 3.82. The van der Waals surface area contributed by atoms with Crippen LogP contribution in [0.1, 0.15) is 34.5 Å². The normalized spacial score (nSPS) is 14.6. The summed E-state index contributed by atoms with van der Waals surface area (Å²) in [5, 5.41) is 0. The van der Waals surface area contributed by atoms with Crippen molar-refractivity contribution in [2.45, 2.75) is 25.8 Å². The summed E-state index contributed by atoms with van der Waals surface area (Å²) in [6, 6.07) is 10.3. The number of halogens is 1. The maximum absolute atomic E-state index is 11.9. The summed E-state index contributed by atoms with van der Waals surface area (Å²) >= 11 is 3.51. The molecule has 1 aliphatic rings. The minimum atomic E-state index is 0.273. The number of rotatable bonds is 2. The molecular weight excluding hydrogens is 290 g/mol. The Morgan fingerprint density at radius 1 is 1.17 bits per heavy atom. The number of hydrogen-bond donors (Lipinski definition) is 0. The fourth-order valence-electron chi connectivity index (χ4n) is 2.59. The molecule has 2 aromatic rings. The van der Waals surface area contributed by atoms with Crippen molar-refractivity contribution in [3.63, 3.8) is 0 Å². The van der Waals surface area contributed by atoms with Crippen molar-refractivity contribution in [3.05, 3.63) is 57.8 Å². The molecule has 0 fully saturated rings. The number of carbonyl (C=O) groups excluding carboxylic acids is 1. The highest BCUT2D eigenvalue weighted by atomic mass is 79.9. The van der Waals surface area contributed by atoms with Crippen LogP contribution in [0.25, 0.3) is 0 Å². The lowest BCUT2D eigenvalue weighted by Gasteiger charge is -2.15. The van der Waals surface area contributed by atoms with Crippen LogP contribution in [-0.2, 0) is 13.0 Å². The first-order chi connectivity index (χ1) is 8.75. The molecule has 0 spiro atoms. The lowest BCUT2D eigenvalue weighted by Crippen LogP contribution is -2.13. The monoisotopic (exact) mass is 303 g/mol. The molecule has 3 heteroatoms. The molecule has 0 N–H and O–H groups in total. The van der Waals surface area contributed by atoms with E-state index in [0.29, 0.717) is 6.42 Å². The first kappa shape index (κ1) is 11.7. The van der Waals surface area contributed by atoms with Gasteiger partial charge in [0.1, 0.15) is 0 Å². The number of aromatic nitrogens is 1. The Morgan fingerprint density at radius 3 is 2.72 bits per heavy atom. The summed E-state index contributed by atoms with van der Waals surface area (Å²) in [5.41, 5.74) is 3.35. The molecule has 1 aliphatic carbocycles. The second-order valence-corrected chi connectivity index (χ2v) is 5.54. The average Bonchev–Trinajstić information content (AvgIpc) is 2.69. The van der Waals surface area contributed by atoms with Crippen molar-refractivity contribution in [3.8, 4) is 0 Å². The number of nitrogens with zero attached hydrogens (tertiary/aromatic N) is 1. The predicted molar refractivity (Wildman–Crippen MR) is 74.9 cm³/mol. The summed E-state index contributed by atoms with van der Waals surface area (Å²) in [4.78, 5) is 11.9. The summed E-state index contributed by atoms with van der Waals surface area (Å²) in [6.07, 6.45) is 4.69. The van der Waals surface area contributed by atoms with E-state index in [0.717, 1.165) is 29.4 Å². The van der Waals surface area contributed by atoms with E-state index >= 15 is 0 Å². The molecule has 3 rings (SSSR count). The van der Waals surface area contributed by atoms with E-state index < -0.39 is 0 Å². The van der Waals surface area contributed by atoms with Gasteiger partial charge in [-0.05, 0) is 34.3 Å². The van der Waals surface area contributed by atoms with Gasteiger partial charge in [-0.3, -0.25) is 4.79 Å². The van der Waals surface area contributed by atoms with Crippen molar-refractivity contribution in [2.75, 3.05) is 0 Å². The minimum absolute atomic E-state index is 0.273. The van der Waals surface area contributed by atoms with Gasteiger partial charge in [-0.1, -0.05) is 30.3 Å². The molecule has 1 aromatic carbocycles. The highest BCUT2D eigenvalue weighted by Crippen LogP contribution is 2.30. The highest BCUT2D eigenvalue weighted by molar-refractivity contribution is 9.10. The Morgan fingerprint density at radius 2 is 1.94 bits per heavy atom. The summed E-state index contributed by atoms with van der Waals surface area (Å²) in [6.45, 7) is 0.835. The maximum atomic E-state index is 11.9. The molecule has 0 atom stereocenters. The molecule has 0 saturated heterocycles. The quantitative estimate of drug-likeness (QED) is 0.827.